The number of methoxy groups -OCH3 is 2. The molecular weight excluding hydrogens is 504 g/mol. The van der Waals surface area contributed by atoms with Crippen LogP contribution in [0.1, 0.15) is 49.3 Å². The third kappa shape index (κ3) is 6.81. The Balaban J connectivity index is 1.35. The van der Waals surface area contributed by atoms with E-state index in [0.29, 0.717) is 23.6 Å². The largest absolute Gasteiger partial charge is 0.493 e. The SMILES string of the molecule is COc1ccc(C(=O)NCCCCCc2nc3ccccc3n2CC(=O)N(c2ccccc2)C(C)C)cc1OC. The molecule has 4 rings (SSSR count). The molecule has 210 valence electrons. The molecule has 0 unspecified atom stereocenters. The lowest BCUT2D eigenvalue weighted by Crippen LogP contribution is -2.39. The lowest BCUT2D eigenvalue weighted by Gasteiger charge is -2.27. The predicted molar refractivity (Wildman–Crippen MR) is 158 cm³/mol. The molecule has 1 heterocycles. The predicted octanol–water partition coefficient (Wildman–Crippen LogP) is 5.64. The number of benzene rings is 3. The van der Waals surface area contributed by atoms with Crippen LogP contribution in [0.25, 0.3) is 11.0 Å². The number of hydrogen-bond donors (Lipinski definition) is 1. The fraction of sp³-hybridized carbons (Fsp3) is 0.344. The number of carbonyl (C=O) groups excluding carboxylic acids is 2. The lowest BCUT2D eigenvalue weighted by atomic mass is 10.1. The highest BCUT2D eigenvalue weighted by Gasteiger charge is 2.22. The number of nitrogens with zero attached hydrogens (tertiary/aromatic N) is 3. The van der Waals surface area contributed by atoms with E-state index in [1.165, 1.54) is 0 Å². The summed E-state index contributed by atoms with van der Waals surface area (Å²) in [5.41, 5.74) is 3.28. The second kappa shape index (κ2) is 13.6. The topological polar surface area (TPSA) is 85.7 Å². The summed E-state index contributed by atoms with van der Waals surface area (Å²) >= 11 is 0. The van der Waals surface area contributed by atoms with Gasteiger partial charge in [0.1, 0.15) is 12.4 Å². The molecular formula is C32H38N4O4. The van der Waals surface area contributed by atoms with Gasteiger partial charge in [-0.15, -0.1) is 0 Å². The van der Waals surface area contributed by atoms with E-state index >= 15 is 0 Å². The van der Waals surface area contributed by atoms with Crippen molar-refractivity contribution in [1.29, 1.82) is 0 Å². The van der Waals surface area contributed by atoms with E-state index in [4.69, 9.17) is 14.5 Å². The molecule has 0 fully saturated rings. The molecule has 0 saturated heterocycles. The molecule has 40 heavy (non-hydrogen) atoms. The fourth-order valence-electron chi connectivity index (χ4n) is 4.89. The van der Waals surface area contributed by atoms with Gasteiger partial charge in [0.2, 0.25) is 5.91 Å². The molecule has 2 amide bonds. The third-order valence-electron chi connectivity index (χ3n) is 6.85. The lowest BCUT2D eigenvalue weighted by molar-refractivity contribution is -0.119. The van der Waals surface area contributed by atoms with Crippen LogP contribution in [0.15, 0.2) is 72.8 Å². The number of rotatable bonds is 13. The molecule has 0 aliphatic carbocycles. The summed E-state index contributed by atoms with van der Waals surface area (Å²) in [4.78, 5) is 32.8. The highest BCUT2D eigenvalue weighted by Crippen LogP contribution is 2.27. The zero-order valence-corrected chi connectivity index (χ0v) is 23.7. The average molecular weight is 543 g/mol. The Labute approximate surface area is 235 Å². The maximum absolute atomic E-state index is 13.5. The first-order chi connectivity index (χ1) is 19.4. The Morgan fingerprint density at radius 3 is 2.35 bits per heavy atom. The molecule has 3 aromatic carbocycles. The van der Waals surface area contributed by atoms with Gasteiger partial charge >= 0.3 is 0 Å². The minimum atomic E-state index is -0.144. The van der Waals surface area contributed by atoms with Gasteiger partial charge in [-0.25, -0.2) is 4.98 Å². The zero-order valence-electron chi connectivity index (χ0n) is 23.7. The van der Waals surface area contributed by atoms with Crippen LogP contribution in [0.3, 0.4) is 0 Å². The van der Waals surface area contributed by atoms with Crippen molar-refractivity contribution < 1.29 is 19.1 Å². The number of unbranched alkanes of at least 4 members (excludes halogenated alkanes) is 2. The fourth-order valence-corrected chi connectivity index (χ4v) is 4.89. The van der Waals surface area contributed by atoms with Gasteiger partial charge in [0, 0.05) is 30.3 Å². The molecule has 8 nitrogen and oxygen atoms in total. The molecule has 0 atom stereocenters. The van der Waals surface area contributed by atoms with Gasteiger partial charge in [-0.1, -0.05) is 36.8 Å². The number of fused-ring (bicyclic) bond motifs is 1. The normalized spacial score (nSPS) is 11.0. The first-order valence-electron chi connectivity index (χ1n) is 13.7. The van der Waals surface area contributed by atoms with Crippen LogP contribution >= 0.6 is 0 Å². The first-order valence-corrected chi connectivity index (χ1v) is 13.7. The van der Waals surface area contributed by atoms with Crippen molar-refractivity contribution in [3.05, 3.63) is 84.2 Å². The van der Waals surface area contributed by atoms with Crippen molar-refractivity contribution in [3.63, 3.8) is 0 Å². The van der Waals surface area contributed by atoms with Gasteiger partial charge < -0.3 is 24.3 Å². The van der Waals surface area contributed by atoms with Crippen LogP contribution in [0.2, 0.25) is 0 Å². The van der Waals surface area contributed by atoms with Crippen LogP contribution < -0.4 is 19.7 Å². The molecule has 4 aromatic rings. The van der Waals surface area contributed by atoms with Crippen molar-refractivity contribution in [3.8, 4) is 11.5 Å². The van der Waals surface area contributed by atoms with E-state index in [0.717, 1.165) is 48.2 Å². The van der Waals surface area contributed by atoms with Crippen molar-refractivity contribution in [2.24, 2.45) is 0 Å². The standard InChI is InChI=1S/C32H38N4O4/c1-23(2)36(25-13-7-5-8-14-25)31(37)22-35-27-16-11-10-15-26(27)34-30(35)17-9-6-12-20-33-32(38)24-18-19-28(39-3)29(21-24)40-4/h5,7-8,10-11,13-16,18-19,21,23H,6,9,12,17,20,22H2,1-4H3,(H,33,38). The summed E-state index contributed by atoms with van der Waals surface area (Å²) in [6, 6.07) is 22.9. The first kappa shape index (κ1) is 28.7. The second-order valence-corrected chi connectivity index (χ2v) is 9.93. The minimum Gasteiger partial charge on any atom is -0.493 e. The van der Waals surface area contributed by atoms with Crippen LogP contribution in [0.5, 0.6) is 11.5 Å². The summed E-state index contributed by atoms with van der Waals surface area (Å²) in [5.74, 6) is 1.90. The number of nitrogens with one attached hydrogen (secondary N) is 1. The van der Waals surface area contributed by atoms with Crippen LogP contribution in [0.4, 0.5) is 5.69 Å². The molecule has 0 spiro atoms. The Morgan fingerprint density at radius 1 is 0.900 bits per heavy atom. The summed E-state index contributed by atoms with van der Waals surface area (Å²) in [5, 5.41) is 2.98. The summed E-state index contributed by atoms with van der Waals surface area (Å²) in [6.45, 7) is 4.86. The minimum absolute atomic E-state index is 0.0300. The number of carbonyl (C=O) groups is 2. The Bertz CT molecular complexity index is 1430. The van der Waals surface area contributed by atoms with E-state index < -0.39 is 0 Å². The Hall–Kier alpha value is -4.33. The van der Waals surface area contributed by atoms with Crippen molar-refractivity contribution in [2.75, 3.05) is 25.7 Å². The molecule has 0 saturated carbocycles. The number of aryl methyl sites for hydroxylation is 1. The molecule has 1 N–H and O–H groups in total. The molecule has 1 aromatic heterocycles. The van der Waals surface area contributed by atoms with Crippen LogP contribution in [-0.4, -0.2) is 48.2 Å². The van der Waals surface area contributed by atoms with E-state index in [-0.39, 0.29) is 24.4 Å². The summed E-state index contributed by atoms with van der Waals surface area (Å²) in [7, 11) is 3.11. The average Bonchev–Trinajstić information content (AvgIpc) is 3.31. The quantitative estimate of drug-likeness (QED) is 0.221. The summed E-state index contributed by atoms with van der Waals surface area (Å²) < 4.78 is 12.6. The number of para-hydroxylation sites is 3. The molecule has 0 bridgehead atoms. The van der Waals surface area contributed by atoms with Crippen LogP contribution in [0, 0.1) is 0 Å². The van der Waals surface area contributed by atoms with E-state index in [1.54, 1.807) is 32.4 Å². The monoisotopic (exact) mass is 542 g/mol. The third-order valence-corrected chi connectivity index (χ3v) is 6.85. The maximum atomic E-state index is 13.5. The summed E-state index contributed by atoms with van der Waals surface area (Å²) in [6.07, 6.45) is 3.41. The van der Waals surface area contributed by atoms with Gasteiger partial charge in [0.05, 0.1) is 25.3 Å². The number of hydrogen-bond acceptors (Lipinski definition) is 5. The van der Waals surface area contributed by atoms with E-state index in [1.807, 2.05) is 73.3 Å². The molecule has 0 aliphatic rings. The van der Waals surface area contributed by atoms with Gasteiger partial charge in [-0.05, 0) is 69.2 Å². The number of anilines is 1. The zero-order chi connectivity index (χ0) is 28.5. The highest BCUT2D eigenvalue weighted by molar-refractivity contribution is 5.95. The van der Waals surface area contributed by atoms with E-state index in [2.05, 4.69) is 9.88 Å². The highest BCUT2D eigenvalue weighted by atomic mass is 16.5. The van der Waals surface area contributed by atoms with Crippen molar-refractivity contribution in [2.45, 2.75) is 52.1 Å². The van der Waals surface area contributed by atoms with Crippen LogP contribution in [-0.2, 0) is 17.8 Å². The molecule has 0 radical (unpaired) electrons. The second-order valence-electron chi connectivity index (χ2n) is 9.93. The number of aromatic nitrogens is 2. The number of ether oxygens (including phenoxy) is 2. The molecule has 8 heteroatoms. The smallest absolute Gasteiger partial charge is 0.251 e. The maximum Gasteiger partial charge on any atom is 0.251 e. The Morgan fingerprint density at radius 2 is 1.62 bits per heavy atom. The number of imidazole rings is 1. The molecule has 0 aliphatic heterocycles. The Kier molecular flexibility index (Phi) is 9.78. The van der Waals surface area contributed by atoms with Gasteiger partial charge in [-0.3, -0.25) is 9.59 Å². The van der Waals surface area contributed by atoms with Gasteiger partial charge in [0.25, 0.3) is 5.91 Å². The van der Waals surface area contributed by atoms with Gasteiger partial charge in [0.15, 0.2) is 11.5 Å². The van der Waals surface area contributed by atoms with Crippen molar-refractivity contribution >= 4 is 28.5 Å². The van der Waals surface area contributed by atoms with Crippen molar-refractivity contribution in [1.82, 2.24) is 14.9 Å². The van der Waals surface area contributed by atoms with Gasteiger partial charge in [-0.2, -0.15) is 0 Å². The van der Waals surface area contributed by atoms with E-state index in [9.17, 15) is 9.59 Å². The number of amides is 2.